The number of unbranched alkanes of at least 4 members (excludes halogenated alkanes) is 1. The van der Waals surface area contributed by atoms with Gasteiger partial charge in [-0.2, -0.15) is 0 Å². The smallest absolute Gasteiger partial charge is 0.139 e. The second kappa shape index (κ2) is 6.43. The number of hydrogen-bond donors (Lipinski definition) is 3. The van der Waals surface area contributed by atoms with Crippen molar-refractivity contribution in [1.82, 2.24) is 5.32 Å². The summed E-state index contributed by atoms with van der Waals surface area (Å²) in [5, 5.41) is 14.7. The number of nitrogens with two attached hydrogens (primary N) is 1. The fourth-order valence-corrected chi connectivity index (χ4v) is 1.57. The molecule has 80 valence electrons. The van der Waals surface area contributed by atoms with Crippen LogP contribution >= 0.6 is 0 Å². The van der Waals surface area contributed by atoms with Gasteiger partial charge in [0.2, 0.25) is 0 Å². The van der Waals surface area contributed by atoms with Gasteiger partial charge in [-0.15, -0.1) is 0 Å². The molecule has 0 aromatic rings. The molecule has 4 nitrogen and oxygen atoms in total. The zero-order valence-electron chi connectivity index (χ0n) is 8.45. The van der Waals surface area contributed by atoms with E-state index < -0.39 is 0 Å². The monoisotopic (exact) mass is 197 g/mol. The van der Waals surface area contributed by atoms with Gasteiger partial charge in [0.1, 0.15) is 5.84 Å². The van der Waals surface area contributed by atoms with Crippen molar-refractivity contribution in [3.63, 3.8) is 0 Å². The van der Waals surface area contributed by atoms with Crippen LogP contribution in [0.3, 0.4) is 0 Å². The second-order valence-electron chi connectivity index (χ2n) is 3.64. The summed E-state index contributed by atoms with van der Waals surface area (Å²) < 4.78 is 0. The van der Waals surface area contributed by atoms with Crippen molar-refractivity contribution in [3.8, 4) is 0 Å². The van der Waals surface area contributed by atoms with E-state index in [0.717, 1.165) is 32.2 Å². The lowest BCUT2D eigenvalue weighted by atomic mass is 10.2. The average molecular weight is 197 g/mol. The first-order valence-electron chi connectivity index (χ1n) is 5.17. The third-order valence-electron chi connectivity index (χ3n) is 2.43. The molecule has 0 radical (unpaired) electrons. The van der Waals surface area contributed by atoms with Gasteiger partial charge in [-0.25, -0.2) is 0 Å². The molecule has 4 heteroatoms. The lowest BCUT2D eigenvalue weighted by Gasteiger charge is -2.10. The number of amidine groups is 1. The van der Waals surface area contributed by atoms with E-state index in [1.165, 1.54) is 0 Å². The van der Waals surface area contributed by atoms with E-state index >= 15 is 0 Å². The third kappa shape index (κ3) is 4.28. The Labute approximate surface area is 84.9 Å². The summed E-state index contributed by atoms with van der Waals surface area (Å²) in [7, 11) is 0. The number of nitrogens with zero attached hydrogens (tertiary/aromatic N) is 1. The molecule has 0 aliphatic heterocycles. The van der Waals surface area contributed by atoms with Crippen LogP contribution in [0.25, 0.3) is 0 Å². The fraction of sp³-hybridized carbons (Fsp3) is 0.700. The average Bonchev–Trinajstić information content (AvgIpc) is 2.69. The van der Waals surface area contributed by atoms with Gasteiger partial charge in [0.15, 0.2) is 0 Å². The molecule has 0 unspecified atom stereocenters. The lowest BCUT2D eigenvalue weighted by molar-refractivity contribution is 0.316. The molecule has 0 heterocycles. The maximum atomic E-state index is 8.30. The van der Waals surface area contributed by atoms with E-state index in [4.69, 9.17) is 10.9 Å². The van der Waals surface area contributed by atoms with Gasteiger partial charge in [0, 0.05) is 12.5 Å². The van der Waals surface area contributed by atoms with Crippen molar-refractivity contribution in [2.45, 2.75) is 38.1 Å². The van der Waals surface area contributed by atoms with Crippen LogP contribution < -0.4 is 11.1 Å². The highest BCUT2D eigenvalue weighted by Gasteiger charge is 2.07. The Hall–Kier alpha value is -1.03. The Morgan fingerprint density at radius 2 is 2.14 bits per heavy atom. The SMILES string of the molecule is N/C(CCCCNC1CC=CC1)=N/O. The summed E-state index contributed by atoms with van der Waals surface area (Å²) in [6.45, 7) is 1.02. The molecule has 0 spiro atoms. The molecule has 0 saturated carbocycles. The Kier molecular flexibility index (Phi) is 5.07. The molecule has 0 amide bonds. The summed E-state index contributed by atoms with van der Waals surface area (Å²) in [6, 6.07) is 0.638. The van der Waals surface area contributed by atoms with E-state index in [0.29, 0.717) is 18.3 Å². The quantitative estimate of drug-likeness (QED) is 0.150. The van der Waals surface area contributed by atoms with Crippen molar-refractivity contribution in [2.75, 3.05) is 6.54 Å². The molecule has 14 heavy (non-hydrogen) atoms. The molecule has 0 bridgehead atoms. The van der Waals surface area contributed by atoms with Crippen molar-refractivity contribution in [3.05, 3.63) is 12.2 Å². The Balaban J connectivity index is 1.89. The molecule has 1 aliphatic carbocycles. The zero-order chi connectivity index (χ0) is 10.2. The topological polar surface area (TPSA) is 70.6 Å². The molecule has 0 aromatic heterocycles. The first kappa shape index (κ1) is 11.0. The first-order chi connectivity index (χ1) is 6.83. The lowest BCUT2D eigenvalue weighted by Crippen LogP contribution is -2.27. The van der Waals surface area contributed by atoms with Crippen LogP contribution in [0.1, 0.15) is 32.1 Å². The number of nitrogens with one attached hydrogen (secondary N) is 1. The Bertz CT molecular complexity index is 205. The predicted molar refractivity (Wildman–Crippen MR) is 57.4 cm³/mol. The van der Waals surface area contributed by atoms with Crippen LogP contribution in [0.2, 0.25) is 0 Å². The van der Waals surface area contributed by atoms with E-state index in [1.807, 2.05) is 0 Å². The third-order valence-corrected chi connectivity index (χ3v) is 2.43. The molecule has 0 fully saturated rings. The van der Waals surface area contributed by atoms with Crippen LogP contribution in [-0.4, -0.2) is 23.6 Å². The molecular formula is C10H19N3O. The van der Waals surface area contributed by atoms with Gasteiger partial charge < -0.3 is 16.3 Å². The normalized spacial score (nSPS) is 17.9. The summed E-state index contributed by atoms with van der Waals surface area (Å²) in [5.41, 5.74) is 5.35. The van der Waals surface area contributed by atoms with Gasteiger partial charge in [-0.1, -0.05) is 17.3 Å². The van der Waals surface area contributed by atoms with Crippen molar-refractivity contribution in [2.24, 2.45) is 10.9 Å². The minimum Gasteiger partial charge on any atom is -0.409 e. The first-order valence-corrected chi connectivity index (χ1v) is 5.17. The summed E-state index contributed by atoms with van der Waals surface area (Å²) in [4.78, 5) is 0. The van der Waals surface area contributed by atoms with Crippen LogP contribution in [0.15, 0.2) is 17.3 Å². The van der Waals surface area contributed by atoms with Gasteiger partial charge >= 0.3 is 0 Å². The minimum atomic E-state index is 0.326. The van der Waals surface area contributed by atoms with Gasteiger partial charge in [0.05, 0.1) is 0 Å². The molecule has 0 atom stereocenters. The highest BCUT2D eigenvalue weighted by Crippen LogP contribution is 2.08. The predicted octanol–water partition coefficient (Wildman–Crippen LogP) is 1.21. The second-order valence-corrected chi connectivity index (χ2v) is 3.64. The Morgan fingerprint density at radius 1 is 1.43 bits per heavy atom. The maximum Gasteiger partial charge on any atom is 0.139 e. The molecular weight excluding hydrogens is 178 g/mol. The van der Waals surface area contributed by atoms with Crippen molar-refractivity contribution >= 4 is 5.84 Å². The Morgan fingerprint density at radius 3 is 2.79 bits per heavy atom. The van der Waals surface area contributed by atoms with E-state index in [1.54, 1.807) is 0 Å². The van der Waals surface area contributed by atoms with Gasteiger partial charge in [-0.3, -0.25) is 0 Å². The standard InChI is InChI=1S/C10H19N3O/c11-10(13-14)7-3-4-8-12-9-5-1-2-6-9/h1-2,9,12,14H,3-8H2,(H2,11,13). The number of hydrogen-bond acceptors (Lipinski definition) is 3. The summed E-state index contributed by atoms with van der Waals surface area (Å²) >= 11 is 0. The van der Waals surface area contributed by atoms with E-state index in [2.05, 4.69) is 22.6 Å². The number of oxime groups is 1. The molecule has 0 aromatic carbocycles. The zero-order valence-corrected chi connectivity index (χ0v) is 8.45. The molecule has 0 saturated heterocycles. The van der Waals surface area contributed by atoms with Crippen LogP contribution in [0.5, 0.6) is 0 Å². The molecule has 1 rings (SSSR count). The summed E-state index contributed by atoms with van der Waals surface area (Å²) in [5.74, 6) is 0.326. The van der Waals surface area contributed by atoms with Gasteiger partial charge in [0.25, 0.3) is 0 Å². The summed E-state index contributed by atoms with van der Waals surface area (Å²) in [6.07, 6.45) is 9.47. The van der Waals surface area contributed by atoms with Crippen molar-refractivity contribution in [1.29, 1.82) is 0 Å². The van der Waals surface area contributed by atoms with Crippen molar-refractivity contribution < 1.29 is 5.21 Å². The van der Waals surface area contributed by atoms with Gasteiger partial charge in [-0.05, 0) is 32.2 Å². The maximum absolute atomic E-state index is 8.30. The van der Waals surface area contributed by atoms with Crippen LogP contribution in [-0.2, 0) is 0 Å². The molecule has 4 N–H and O–H groups in total. The largest absolute Gasteiger partial charge is 0.409 e. The fourth-order valence-electron chi connectivity index (χ4n) is 1.57. The molecule has 1 aliphatic rings. The van der Waals surface area contributed by atoms with E-state index in [9.17, 15) is 0 Å². The van der Waals surface area contributed by atoms with Crippen LogP contribution in [0, 0.1) is 0 Å². The minimum absolute atomic E-state index is 0.326. The number of rotatable bonds is 6. The van der Waals surface area contributed by atoms with E-state index in [-0.39, 0.29) is 0 Å². The highest BCUT2D eigenvalue weighted by molar-refractivity contribution is 5.79. The van der Waals surface area contributed by atoms with Crippen LogP contribution in [0.4, 0.5) is 0 Å². The highest BCUT2D eigenvalue weighted by atomic mass is 16.4.